The minimum absolute atomic E-state index is 0.0112. The van der Waals surface area contributed by atoms with Crippen molar-refractivity contribution in [1.82, 2.24) is 4.98 Å². The third-order valence-corrected chi connectivity index (χ3v) is 5.81. The standard InChI is InChI=1S/C25H23F4N3OS/c1-15(2)8-9-20-22(7-6-10-31-20)34-23-13-21(19(26)12-18(23)14-30)32(16(3)4)24(33)11-17(5)25(27,28)29/h6-7,10-13H,1,3,8-9H2,2,4-5H3/b17-11+. The summed E-state index contributed by atoms with van der Waals surface area (Å²) in [6, 6.07) is 7.65. The van der Waals surface area contributed by atoms with Gasteiger partial charge in [-0.15, -0.1) is 6.58 Å². The second kappa shape index (κ2) is 11.2. The van der Waals surface area contributed by atoms with Crippen LogP contribution in [0.2, 0.25) is 0 Å². The normalized spacial score (nSPS) is 11.6. The highest BCUT2D eigenvalue weighted by molar-refractivity contribution is 7.99. The van der Waals surface area contributed by atoms with Gasteiger partial charge < -0.3 is 0 Å². The van der Waals surface area contributed by atoms with Crippen LogP contribution in [-0.2, 0) is 11.2 Å². The molecule has 1 heterocycles. The third-order valence-electron chi connectivity index (χ3n) is 4.66. The van der Waals surface area contributed by atoms with Crippen LogP contribution in [0.25, 0.3) is 0 Å². The van der Waals surface area contributed by atoms with E-state index in [1.165, 1.54) is 13.0 Å². The highest BCUT2D eigenvalue weighted by Crippen LogP contribution is 2.37. The predicted molar refractivity (Wildman–Crippen MR) is 125 cm³/mol. The summed E-state index contributed by atoms with van der Waals surface area (Å²) < 4.78 is 53.7. The van der Waals surface area contributed by atoms with Gasteiger partial charge in [0.15, 0.2) is 0 Å². The van der Waals surface area contributed by atoms with Crippen LogP contribution in [0.15, 0.2) is 76.3 Å². The Bertz CT molecular complexity index is 1200. The van der Waals surface area contributed by atoms with Gasteiger partial charge in [0.25, 0.3) is 5.91 Å². The van der Waals surface area contributed by atoms with Crippen molar-refractivity contribution < 1.29 is 22.4 Å². The van der Waals surface area contributed by atoms with Gasteiger partial charge in [0.2, 0.25) is 0 Å². The number of pyridine rings is 1. The van der Waals surface area contributed by atoms with E-state index in [1.807, 2.05) is 13.0 Å². The molecule has 1 amide bonds. The Morgan fingerprint density at radius 2 is 1.91 bits per heavy atom. The molecule has 0 bridgehead atoms. The van der Waals surface area contributed by atoms with Gasteiger partial charge in [-0.2, -0.15) is 18.4 Å². The molecule has 2 aromatic rings. The number of carbonyl (C=O) groups excluding carboxylic acids is 1. The minimum Gasteiger partial charge on any atom is -0.279 e. The van der Waals surface area contributed by atoms with Crippen molar-refractivity contribution in [1.29, 1.82) is 5.26 Å². The lowest BCUT2D eigenvalue weighted by Crippen LogP contribution is -2.29. The molecule has 0 aliphatic carbocycles. The van der Waals surface area contributed by atoms with E-state index in [2.05, 4.69) is 18.1 Å². The quantitative estimate of drug-likeness (QED) is 0.225. The lowest BCUT2D eigenvalue weighted by Gasteiger charge is -2.23. The number of aromatic nitrogens is 1. The van der Waals surface area contributed by atoms with Crippen LogP contribution in [-0.4, -0.2) is 17.1 Å². The van der Waals surface area contributed by atoms with Gasteiger partial charge in [0.05, 0.1) is 16.9 Å². The predicted octanol–water partition coefficient (Wildman–Crippen LogP) is 7.13. The van der Waals surface area contributed by atoms with E-state index in [0.717, 1.165) is 45.8 Å². The Balaban J connectivity index is 2.56. The summed E-state index contributed by atoms with van der Waals surface area (Å²) in [5.74, 6) is -2.05. The SMILES string of the molecule is C=C(C)CCc1ncccc1Sc1cc(N(C(=C)C)C(=O)/C=C(\C)C(F)(F)F)c(F)cc1C#N. The molecule has 0 fully saturated rings. The fraction of sp³-hybridized carbons (Fsp3) is 0.240. The number of aryl methyl sites for hydroxylation is 1. The molecule has 0 radical (unpaired) electrons. The summed E-state index contributed by atoms with van der Waals surface area (Å²) in [6.45, 7) is 11.5. The molecular weight excluding hydrogens is 466 g/mol. The fourth-order valence-electron chi connectivity index (χ4n) is 2.88. The van der Waals surface area contributed by atoms with E-state index in [4.69, 9.17) is 0 Å². The van der Waals surface area contributed by atoms with Gasteiger partial charge in [-0.1, -0.05) is 23.9 Å². The maximum atomic E-state index is 14.9. The fourth-order valence-corrected chi connectivity index (χ4v) is 3.93. The molecule has 0 unspecified atom stereocenters. The first kappa shape index (κ1) is 26.9. The second-order valence-corrected chi connectivity index (χ2v) is 8.74. The monoisotopic (exact) mass is 489 g/mol. The van der Waals surface area contributed by atoms with E-state index in [-0.39, 0.29) is 16.9 Å². The summed E-state index contributed by atoms with van der Waals surface area (Å²) in [4.78, 5) is 18.8. The molecule has 0 saturated carbocycles. The molecule has 4 nitrogen and oxygen atoms in total. The van der Waals surface area contributed by atoms with E-state index < -0.39 is 23.5 Å². The molecule has 0 spiro atoms. The number of nitriles is 1. The summed E-state index contributed by atoms with van der Waals surface area (Å²) in [5.41, 5.74) is 0.307. The highest BCUT2D eigenvalue weighted by atomic mass is 32.2. The maximum Gasteiger partial charge on any atom is 0.412 e. The van der Waals surface area contributed by atoms with Gasteiger partial charge >= 0.3 is 6.18 Å². The summed E-state index contributed by atoms with van der Waals surface area (Å²) in [6.07, 6.45) is -1.38. The van der Waals surface area contributed by atoms with Crippen molar-refractivity contribution in [2.24, 2.45) is 0 Å². The molecule has 34 heavy (non-hydrogen) atoms. The van der Waals surface area contributed by atoms with Crippen LogP contribution in [0.1, 0.15) is 38.4 Å². The molecule has 0 saturated heterocycles. The zero-order valence-corrected chi connectivity index (χ0v) is 19.8. The first-order chi connectivity index (χ1) is 15.8. The number of allylic oxidation sites excluding steroid dienone is 3. The van der Waals surface area contributed by atoms with Crippen LogP contribution >= 0.6 is 11.8 Å². The Kier molecular flexibility index (Phi) is 8.82. The molecule has 0 atom stereocenters. The zero-order valence-electron chi connectivity index (χ0n) is 19.0. The van der Waals surface area contributed by atoms with Crippen LogP contribution in [0.5, 0.6) is 0 Å². The molecule has 0 N–H and O–H groups in total. The van der Waals surface area contributed by atoms with Gasteiger partial charge in [-0.05, 0) is 57.9 Å². The van der Waals surface area contributed by atoms with Crippen molar-refractivity contribution >= 4 is 23.4 Å². The topological polar surface area (TPSA) is 57.0 Å². The van der Waals surface area contributed by atoms with Gasteiger partial charge in [-0.25, -0.2) is 4.39 Å². The van der Waals surface area contributed by atoms with Gasteiger partial charge in [0.1, 0.15) is 11.9 Å². The molecule has 1 aromatic heterocycles. The van der Waals surface area contributed by atoms with Crippen LogP contribution in [0.3, 0.4) is 0 Å². The lowest BCUT2D eigenvalue weighted by atomic mass is 10.1. The number of hydrogen-bond acceptors (Lipinski definition) is 4. The first-order valence-corrected chi connectivity index (χ1v) is 10.9. The minimum atomic E-state index is -4.71. The van der Waals surface area contributed by atoms with E-state index in [1.54, 1.807) is 18.3 Å². The molecule has 0 aliphatic heterocycles. The van der Waals surface area contributed by atoms with Crippen molar-refractivity contribution in [3.63, 3.8) is 0 Å². The van der Waals surface area contributed by atoms with Crippen LogP contribution in [0.4, 0.5) is 23.2 Å². The smallest absolute Gasteiger partial charge is 0.279 e. The van der Waals surface area contributed by atoms with Crippen LogP contribution < -0.4 is 4.90 Å². The second-order valence-electron chi connectivity index (χ2n) is 7.65. The molecular formula is C25H23F4N3OS. The highest BCUT2D eigenvalue weighted by Gasteiger charge is 2.32. The Labute approximate surface area is 200 Å². The molecule has 178 valence electrons. The first-order valence-electron chi connectivity index (χ1n) is 10.1. The number of alkyl halides is 3. The average Bonchev–Trinajstić information content (AvgIpc) is 2.74. The third kappa shape index (κ3) is 6.81. The Hall–Kier alpha value is -3.38. The number of benzene rings is 1. The number of halogens is 4. The molecule has 2 rings (SSSR count). The van der Waals surface area contributed by atoms with Gasteiger partial charge in [0, 0.05) is 33.3 Å². The van der Waals surface area contributed by atoms with E-state index in [0.29, 0.717) is 23.8 Å². The maximum absolute atomic E-state index is 14.9. The number of carbonyl (C=O) groups is 1. The summed E-state index contributed by atoms with van der Waals surface area (Å²) in [5, 5.41) is 9.53. The summed E-state index contributed by atoms with van der Waals surface area (Å²) in [7, 11) is 0. The molecule has 0 aliphatic rings. The number of nitrogens with zero attached hydrogens (tertiary/aromatic N) is 3. The number of hydrogen-bond donors (Lipinski definition) is 0. The zero-order chi connectivity index (χ0) is 25.6. The molecule has 9 heteroatoms. The van der Waals surface area contributed by atoms with E-state index >= 15 is 0 Å². The largest absolute Gasteiger partial charge is 0.412 e. The summed E-state index contributed by atoms with van der Waals surface area (Å²) >= 11 is 1.15. The van der Waals surface area contributed by atoms with Gasteiger partial charge in [-0.3, -0.25) is 14.7 Å². The number of anilines is 1. The average molecular weight is 490 g/mol. The van der Waals surface area contributed by atoms with Crippen molar-refractivity contribution in [2.75, 3.05) is 4.90 Å². The van der Waals surface area contributed by atoms with Crippen molar-refractivity contribution in [3.05, 3.63) is 83.6 Å². The lowest BCUT2D eigenvalue weighted by molar-refractivity contribution is -0.115. The number of rotatable bonds is 8. The van der Waals surface area contributed by atoms with Crippen molar-refractivity contribution in [2.45, 2.75) is 49.6 Å². The Morgan fingerprint density at radius 1 is 1.24 bits per heavy atom. The van der Waals surface area contributed by atoms with Crippen LogP contribution in [0, 0.1) is 17.1 Å². The molecule has 1 aromatic carbocycles. The van der Waals surface area contributed by atoms with Crippen molar-refractivity contribution in [3.8, 4) is 6.07 Å². The number of amides is 1. The Morgan fingerprint density at radius 3 is 2.47 bits per heavy atom. The van der Waals surface area contributed by atoms with E-state index in [9.17, 15) is 27.6 Å².